The van der Waals surface area contributed by atoms with E-state index in [9.17, 15) is 33.9 Å². The van der Waals surface area contributed by atoms with Crippen LogP contribution in [0, 0.1) is 12.3 Å². The molecule has 4 atom stereocenters. The van der Waals surface area contributed by atoms with Gasteiger partial charge in [-0.1, -0.05) is 42.3 Å². The highest BCUT2D eigenvalue weighted by atomic mass is 16.6. The molecule has 1 aliphatic rings. The summed E-state index contributed by atoms with van der Waals surface area (Å²) in [6.45, 7) is 1.48. The Labute approximate surface area is 259 Å². The van der Waals surface area contributed by atoms with Crippen LogP contribution in [0.1, 0.15) is 52.3 Å². The summed E-state index contributed by atoms with van der Waals surface area (Å²) < 4.78 is 19.5. The standard InChI is InChI=1S/C31H27N5O10/c1-4-14-35-23-25(33-30(32-16(2)37)34-26(23)39)36(31(35)43)27-24(45-17(3)38)22(19-12-8-9-13-20(19)28(40)41)21(46-27)15-44-29(42)18-10-6-5-7-11-18/h1,5-13,21-22,24,27H,14-15H2,2-3H3,(H,40,41)(H2,32,33,34,37,39)/t21-,22-,24+,27+/m0/s1. The third kappa shape index (κ3) is 6.01. The van der Waals surface area contributed by atoms with Gasteiger partial charge in [0.2, 0.25) is 11.9 Å². The summed E-state index contributed by atoms with van der Waals surface area (Å²) in [6, 6.07) is 14.0. The average Bonchev–Trinajstić information content (AvgIpc) is 3.49. The number of nitrogens with one attached hydrogen (secondary N) is 2. The van der Waals surface area contributed by atoms with Gasteiger partial charge in [-0.25, -0.2) is 19.0 Å². The van der Waals surface area contributed by atoms with Crippen LogP contribution in [0.5, 0.6) is 0 Å². The summed E-state index contributed by atoms with van der Waals surface area (Å²) in [5, 5.41) is 12.4. The fraction of sp³-hybridized carbons (Fsp3) is 0.258. The summed E-state index contributed by atoms with van der Waals surface area (Å²) in [5.41, 5.74) is -1.99. The first-order chi connectivity index (χ1) is 22.0. The number of carbonyl (C=O) groups excluding carboxylic acids is 3. The molecule has 4 aromatic rings. The highest BCUT2D eigenvalue weighted by molar-refractivity contribution is 5.90. The Hall–Kier alpha value is -6.01. The van der Waals surface area contributed by atoms with Gasteiger partial charge in [-0.05, 0) is 23.8 Å². The second kappa shape index (κ2) is 12.9. The van der Waals surface area contributed by atoms with E-state index in [-0.39, 0.29) is 40.3 Å². The van der Waals surface area contributed by atoms with Crippen molar-refractivity contribution < 1.29 is 38.5 Å². The first-order valence-electron chi connectivity index (χ1n) is 13.8. The minimum Gasteiger partial charge on any atom is -0.478 e. The Balaban J connectivity index is 1.71. The molecule has 0 bridgehead atoms. The molecule has 1 saturated heterocycles. The van der Waals surface area contributed by atoms with Gasteiger partial charge in [-0.3, -0.25) is 29.3 Å². The lowest BCUT2D eigenvalue weighted by Gasteiger charge is -2.25. The molecule has 3 heterocycles. The van der Waals surface area contributed by atoms with Crippen LogP contribution in [0.25, 0.3) is 11.2 Å². The zero-order valence-electron chi connectivity index (χ0n) is 24.5. The molecule has 1 amide bonds. The number of imidazole rings is 1. The zero-order chi connectivity index (χ0) is 33.1. The number of carboxylic acid groups (broad SMARTS) is 1. The number of ether oxygens (including phenoxy) is 3. The molecule has 0 radical (unpaired) electrons. The first-order valence-corrected chi connectivity index (χ1v) is 13.8. The van der Waals surface area contributed by atoms with Crippen LogP contribution in [0.2, 0.25) is 0 Å². The molecule has 15 heteroatoms. The Morgan fingerprint density at radius 1 is 1.09 bits per heavy atom. The SMILES string of the molecule is C#CCn1c(=O)n([C@@H]2O[C@@H](COC(=O)c3ccccc3)[C@H](c3ccccc3C(=O)O)[C@H]2OC(C)=O)c2nc(NC(C)=O)[nH]c(=O)c21. The smallest absolute Gasteiger partial charge is 0.338 e. The largest absolute Gasteiger partial charge is 0.478 e. The summed E-state index contributed by atoms with van der Waals surface area (Å²) in [7, 11) is 0. The number of fused-ring (bicyclic) bond motifs is 1. The number of H-pyrrole nitrogens is 1. The lowest BCUT2D eigenvalue weighted by molar-refractivity contribution is -0.152. The maximum Gasteiger partial charge on any atom is 0.338 e. The molecule has 0 aliphatic carbocycles. The number of aromatic carboxylic acids is 1. The monoisotopic (exact) mass is 629 g/mol. The fourth-order valence-electron chi connectivity index (χ4n) is 5.45. The third-order valence-corrected chi connectivity index (χ3v) is 7.20. The van der Waals surface area contributed by atoms with Crippen molar-refractivity contribution in [1.29, 1.82) is 0 Å². The van der Waals surface area contributed by atoms with E-state index in [1.807, 2.05) is 0 Å². The summed E-state index contributed by atoms with van der Waals surface area (Å²) in [6.07, 6.45) is 1.36. The van der Waals surface area contributed by atoms with Gasteiger partial charge in [0.1, 0.15) is 12.7 Å². The highest BCUT2D eigenvalue weighted by Gasteiger charge is 2.51. The number of anilines is 1. The maximum absolute atomic E-state index is 13.9. The van der Waals surface area contributed by atoms with Crippen LogP contribution in [-0.2, 0) is 30.3 Å². The van der Waals surface area contributed by atoms with Crippen molar-refractivity contribution in [2.45, 2.75) is 44.7 Å². The maximum atomic E-state index is 13.9. The molecule has 0 spiro atoms. The molecule has 1 fully saturated rings. The zero-order valence-corrected chi connectivity index (χ0v) is 24.5. The van der Waals surface area contributed by atoms with Crippen LogP contribution in [0.15, 0.2) is 64.2 Å². The van der Waals surface area contributed by atoms with Crippen LogP contribution >= 0.6 is 0 Å². The third-order valence-electron chi connectivity index (χ3n) is 7.20. The van der Waals surface area contributed by atoms with Gasteiger partial charge in [0.25, 0.3) is 5.56 Å². The molecule has 46 heavy (non-hydrogen) atoms. The molecular weight excluding hydrogens is 602 g/mol. The fourth-order valence-corrected chi connectivity index (χ4v) is 5.45. The Morgan fingerprint density at radius 3 is 2.43 bits per heavy atom. The number of hydrogen-bond donors (Lipinski definition) is 3. The second-order valence-electron chi connectivity index (χ2n) is 10.2. The van der Waals surface area contributed by atoms with Gasteiger partial charge in [0, 0.05) is 13.8 Å². The number of benzene rings is 2. The van der Waals surface area contributed by atoms with Crippen LogP contribution < -0.4 is 16.6 Å². The number of aromatic amines is 1. The van der Waals surface area contributed by atoms with Crippen molar-refractivity contribution in [1.82, 2.24) is 19.1 Å². The predicted octanol–water partition coefficient (Wildman–Crippen LogP) is 1.65. The molecule has 1 aliphatic heterocycles. The molecule has 15 nitrogen and oxygen atoms in total. The van der Waals surface area contributed by atoms with E-state index in [0.29, 0.717) is 0 Å². The van der Waals surface area contributed by atoms with Crippen molar-refractivity contribution in [3.05, 3.63) is 92.1 Å². The van der Waals surface area contributed by atoms with E-state index in [0.717, 1.165) is 16.1 Å². The minimum atomic E-state index is -1.54. The quantitative estimate of drug-likeness (QED) is 0.180. The van der Waals surface area contributed by atoms with E-state index < -0.39 is 66.0 Å². The molecule has 2 aromatic heterocycles. The van der Waals surface area contributed by atoms with Crippen molar-refractivity contribution in [2.75, 3.05) is 11.9 Å². The van der Waals surface area contributed by atoms with Crippen molar-refractivity contribution >= 4 is 40.9 Å². The Kier molecular flexibility index (Phi) is 8.83. The molecule has 0 saturated carbocycles. The Bertz CT molecular complexity index is 2010. The van der Waals surface area contributed by atoms with Crippen LogP contribution in [0.3, 0.4) is 0 Å². The number of nitrogens with zero attached hydrogens (tertiary/aromatic N) is 3. The molecule has 3 N–H and O–H groups in total. The van der Waals surface area contributed by atoms with Gasteiger partial charge >= 0.3 is 23.6 Å². The van der Waals surface area contributed by atoms with E-state index in [1.54, 1.807) is 24.3 Å². The van der Waals surface area contributed by atoms with Gasteiger partial charge in [0.05, 0.1) is 23.6 Å². The number of amides is 1. The van der Waals surface area contributed by atoms with Gasteiger partial charge in [0.15, 0.2) is 23.5 Å². The van der Waals surface area contributed by atoms with Crippen molar-refractivity contribution in [3.8, 4) is 12.3 Å². The Morgan fingerprint density at radius 2 is 1.78 bits per heavy atom. The van der Waals surface area contributed by atoms with Gasteiger partial charge in [-0.15, -0.1) is 6.42 Å². The number of carbonyl (C=O) groups is 4. The normalized spacial score (nSPS) is 18.9. The van der Waals surface area contributed by atoms with E-state index in [1.165, 1.54) is 37.3 Å². The van der Waals surface area contributed by atoms with Gasteiger partial charge < -0.3 is 19.3 Å². The molecule has 5 rings (SSSR count). The van der Waals surface area contributed by atoms with E-state index >= 15 is 0 Å². The number of aromatic nitrogens is 4. The topological polar surface area (TPSA) is 201 Å². The molecular formula is C31H27N5O10. The van der Waals surface area contributed by atoms with Crippen LogP contribution in [0.4, 0.5) is 5.95 Å². The number of rotatable bonds is 9. The second-order valence-corrected chi connectivity index (χ2v) is 10.2. The van der Waals surface area contributed by atoms with E-state index in [2.05, 4.69) is 21.2 Å². The summed E-state index contributed by atoms with van der Waals surface area (Å²) >= 11 is 0. The van der Waals surface area contributed by atoms with Crippen molar-refractivity contribution in [2.24, 2.45) is 0 Å². The number of hydrogen-bond acceptors (Lipinski definition) is 10. The highest BCUT2D eigenvalue weighted by Crippen LogP contribution is 2.44. The average molecular weight is 630 g/mol. The lowest BCUT2D eigenvalue weighted by atomic mass is 9.86. The number of terminal acetylenes is 1. The van der Waals surface area contributed by atoms with Gasteiger partial charge in [-0.2, -0.15) is 4.98 Å². The predicted molar refractivity (Wildman–Crippen MR) is 160 cm³/mol. The van der Waals surface area contributed by atoms with E-state index in [4.69, 9.17) is 20.6 Å². The molecule has 2 aromatic carbocycles. The number of carboxylic acids is 1. The van der Waals surface area contributed by atoms with Crippen LogP contribution in [-0.4, -0.2) is 66.8 Å². The first kappa shape index (κ1) is 31.4. The lowest BCUT2D eigenvalue weighted by Crippen LogP contribution is -2.36. The minimum absolute atomic E-state index is 0.155. The summed E-state index contributed by atoms with van der Waals surface area (Å²) in [5.74, 6) is -2.48. The number of esters is 2. The molecule has 236 valence electrons. The molecule has 0 unspecified atom stereocenters. The summed E-state index contributed by atoms with van der Waals surface area (Å²) in [4.78, 5) is 83.1. The van der Waals surface area contributed by atoms with Crippen molar-refractivity contribution in [3.63, 3.8) is 0 Å².